The van der Waals surface area contributed by atoms with Crippen molar-refractivity contribution in [2.75, 3.05) is 55.7 Å². The van der Waals surface area contributed by atoms with Gasteiger partial charge in [-0.15, -0.1) is 0 Å². The Labute approximate surface area is 177 Å². The van der Waals surface area contributed by atoms with E-state index in [0.717, 1.165) is 25.9 Å². The molecular formula is C21H32FN5O3. The SMILES string of the molecule is CN1CCN(C2CCN(c3cc(NC(=O)OC(C)(C)C)c(N)cc3F)CC2)C(=O)C1. The third-order valence-electron chi connectivity index (χ3n) is 5.45. The maximum atomic E-state index is 14.6. The Balaban J connectivity index is 1.66. The number of nitrogens with zero attached hydrogens (tertiary/aromatic N) is 3. The van der Waals surface area contributed by atoms with Crippen molar-refractivity contribution < 1.29 is 18.7 Å². The molecule has 0 spiro atoms. The highest BCUT2D eigenvalue weighted by Gasteiger charge is 2.31. The van der Waals surface area contributed by atoms with E-state index in [0.29, 0.717) is 31.0 Å². The highest BCUT2D eigenvalue weighted by atomic mass is 19.1. The number of nitrogens with one attached hydrogen (secondary N) is 1. The van der Waals surface area contributed by atoms with Crippen LogP contribution in [0.5, 0.6) is 0 Å². The van der Waals surface area contributed by atoms with Crippen molar-refractivity contribution in [3.05, 3.63) is 17.9 Å². The van der Waals surface area contributed by atoms with Crippen molar-refractivity contribution >= 4 is 29.1 Å². The molecule has 0 aromatic heterocycles. The molecule has 1 aromatic rings. The van der Waals surface area contributed by atoms with Gasteiger partial charge >= 0.3 is 6.09 Å². The average molecular weight is 422 g/mol. The second-order valence-electron chi connectivity index (χ2n) is 9.06. The molecule has 166 valence electrons. The molecule has 8 nitrogen and oxygen atoms in total. The van der Waals surface area contributed by atoms with Gasteiger partial charge in [-0.2, -0.15) is 0 Å². The Morgan fingerprint density at radius 2 is 1.87 bits per heavy atom. The first-order valence-corrected chi connectivity index (χ1v) is 10.4. The first-order valence-electron chi connectivity index (χ1n) is 10.4. The number of likely N-dealkylation sites (N-methyl/N-ethyl adjacent to an activating group) is 1. The van der Waals surface area contributed by atoms with Crippen LogP contribution in [-0.2, 0) is 9.53 Å². The molecule has 2 aliphatic rings. The number of carbonyl (C=O) groups is 2. The number of piperidine rings is 1. The second kappa shape index (κ2) is 8.67. The van der Waals surface area contributed by atoms with E-state index in [4.69, 9.17) is 10.5 Å². The number of nitrogens with two attached hydrogens (primary N) is 1. The molecule has 3 rings (SSSR count). The summed E-state index contributed by atoms with van der Waals surface area (Å²) in [6, 6.07) is 2.95. The lowest BCUT2D eigenvalue weighted by molar-refractivity contribution is -0.138. The van der Waals surface area contributed by atoms with Gasteiger partial charge in [-0.25, -0.2) is 9.18 Å². The molecule has 0 bridgehead atoms. The van der Waals surface area contributed by atoms with Gasteiger partial charge in [-0.05, 0) is 46.7 Å². The van der Waals surface area contributed by atoms with Gasteiger partial charge in [0.2, 0.25) is 5.91 Å². The van der Waals surface area contributed by atoms with E-state index < -0.39 is 17.5 Å². The zero-order valence-electron chi connectivity index (χ0n) is 18.2. The van der Waals surface area contributed by atoms with E-state index in [1.807, 2.05) is 21.7 Å². The molecule has 0 aliphatic carbocycles. The first kappa shape index (κ1) is 22.1. The number of nitrogen functional groups attached to an aromatic ring is 1. The van der Waals surface area contributed by atoms with Gasteiger partial charge in [0.1, 0.15) is 11.4 Å². The van der Waals surface area contributed by atoms with Crippen molar-refractivity contribution in [3.63, 3.8) is 0 Å². The summed E-state index contributed by atoms with van der Waals surface area (Å²) in [5, 5.41) is 2.61. The van der Waals surface area contributed by atoms with Gasteiger partial charge in [-0.3, -0.25) is 15.0 Å². The summed E-state index contributed by atoms with van der Waals surface area (Å²) < 4.78 is 19.9. The molecule has 1 aromatic carbocycles. The van der Waals surface area contributed by atoms with Gasteiger partial charge in [0.25, 0.3) is 0 Å². The summed E-state index contributed by atoms with van der Waals surface area (Å²) in [6.07, 6.45) is 0.904. The van der Waals surface area contributed by atoms with Gasteiger partial charge in [0, 0.05) is 38.3 Å². The zero-order valence-corrected chi connectivity index (χ0v) is 18.2. The minimum Gasteiger partial charge on any atom is -0.444 e. The minimum absolute atomic E-state index is 0.139. The molecule has 0 unspecified atom stereocenters. The third-order valence-corrected chi connectivity index (χ3v) is 5.45. The maximum Gasteiger partial charge on any atom is 0.412 e. The lowest BCUT2D eigenvalue weighted by Crippen LogP contribution is -2.55. The summed E-state index contributed by atoms with van der Waals surface area (Å²) >= 11 is 0. The van der Waals surface area contributed by atoms with E-state index in [-0.39, 0.29) is 17.6 Å². The van der Waals surface area contributed by atoms with Crippen LogP contribution in [0.2, 0.25) is 0 Å². The molecule has 3 N–H and O–H groups in total. The van der Waals surface area contributed by atoms with Crippen LogP contribution < -0.4 is 16.0 Å². The van der Waals surface area contributed by atoms with Crippen LogP contribution in [0.1, 0.15) is 33.6 Å². The zero-order chi connectivity index (χ0) is 22.1. The Kier molecular flexibility index (Phi) is 6.40. The van der Waals surface area contributed by atoms with Crippen LogP contribution >= 0.6 is 0 Å². The third kappa shape index (κ3) is 5.33. The number of hydrogen-bond donors (Lipinski definition) is 2. The summed E-state index contributed by atoms with van der Waals surface area (Å²) in [5.74, 6) is -0.277. The van der Waals surface area contributed by atoms with Crippen molar-refractivity contribution in [2.24, 2.45) is 0 Å². The molecule has 9 heteroatoms. The highest BCUT2D eigenvalue weighted by Crippen LogP contribution is 2.32. The summed E-state index contributed by atoms with van der Waals surface area (Å²) in [4.78, 5) is 30.4. The molecule has 2 aliphatic heterocycles. The molecule has 2 heterocycles. The number of amides is 2. The monoisotopic (exact) mass is 421 g/mol. The number of anilines is 3. The van der Waals surface area contributed by atoms with Crippen molar-refractivity contribution in [3.8, 4) is 0 Å². The fraction of sp³-hybridized carbons (Fsp3) is 0.619. The Morgan fingerprint density at radius 3 is 2.47 bits per heavy atom. The van der Waals surface area contributed by atoms with E-state index in [1.54, 1.807) is 26.8 Å². The number of carbonyl (C=O) groups excluding carboxylic acids is 2. The Bertz CT molecular complexity index is 803. The molecule has 30 heavy (non-hydrogen) atoms. The molecule has 2 amide bonds. The Morgan fingerprint density at radius 1 is 1.20 bits per heavy atom. The minimum atomic E-state index is -0.649. The first-order chi connectivity index (χ1) is 14.0. The lowest BCUT2D eigenvalue weighted by atomic mass is 10.0. The van der Waals surface area contributed by atoms with Gasteiger partial charge < -0.3 is 20.3 Å². The number of piperazine rings is 1. The summed E-state index contributed by atoms with van der Waals surface area (Å²) in [6.45, 7) is 8.60. The number of hydrogen-bond acceptors (Lipinski definition) is 6. The summed E-state index contributed by atoms with van der Waals surface area (Å²) in [5.41, 5.74) is 6.10. The van der Waals surface area contributed by atoms with E-state index in [2.05, 4.69) is 5.32 Å². The molecule has 2 saturated heterocycles. The topological polar surface area (TPSA) is 91.1 Å². The normalized spacial score (nSPS) is 19.2. The standard InChI is InChI=1S/C21H32FN5O3/c1-21(2,3)30-20(29)24-17-12-18(15(22)11-16(17)23)26-7-5-14(6-8-26)27-10-9-25(4)13-19(27)28/h11-12,14H,5-10,13,23H2,1-4H3,(H,24,29). The van der Waals surface area contributed by atoms with Crippen LogP contribution in [0, 0.1) is 5.82 Å². The van der Waals surface area contributed by atoms with Crippen molar-refractivity contribution in [1.29, 1.82) is 0 Å². The van der Waals surface area contributed by atoms with Crippen LogP contribution in [0.15, 0.2) is 12.1 Å². The number of halogens is 1. The predicted molar refractivity (Wildman–Crippen MR) is 115 cm³/mol. The smallest absolute Gasteiger partial charge is 0.412 e. The number of rotatable bonds is 3. The van der Waals surface area contributed by atoms with Crippen LogP contribution in [0.3, 0.4) is 0 Å². The number of benzene rings is 1. The van der Waals surface area contributed by atoms with Crippen LogP contribution in [0.25, 0.3) is 0 Å². The second-order valence-corrected chi connectivity index (χ2v) is 9.06. The molecule has 0 radical (unpaired) electrons. The van der Waals surface area contributed by atoms with E-state index in [1.165, 1.54) is 6.07 Å². The van der Waals surface area contributed by atoms with Gasteiger partial charge in [0.15, 0.2) is 0 Å². The molecular weight excluding hydrogens is 389 g/mol. The van der Waals surface area contributed by atoms with E-state index >= 15 is 0 Å². The lowest BCUT2D eigenvalue weighted by Gasteiger charge is -2.42. The van der Waals surface area contributed by atoms with Gasteiger partial charge in [0.05, 0.1) is 23.6 Å². The quantitative estimate of drug-likeness (QED) is 0.729. The van der Waals surface area contributed by atoms with Crippen molar-refractivity contribution in [2.45, 2.75) is 45.3 Å². The average Bonchev–Trinajstić information content (AvgIpc) is 2.63. The summed E-state index contributed by atoms with van der Waals surface area (Å²) in [7, 11) is 1.95. The van der Waals surface area contributed by atoms with Crippen LogP contribution in [0.4, 0.5) is 26.2 Å². The molecule has 0 saturated carbocycles. The number of ether oxygens (including phenoxy) is 1. The fourth-order valence-electron chi connectivity index (χ4n) is 3.95. The molecule has 0 atom stereocenters. The van der Waals surface area contributed by atoms with Crippen molar-refractivity contribution in [1.82, 2.24) is 9.80 Å². The van der Waals surface area contributed by atoms with Gasteiger partial charge in [-0.1, -0.05) is 0 Å². The van der Waals surface area contributed by atoms with E-state index in [9.17, 15) is 14.0 Å². The Hall–Kier alpha value is -2.55. The predicted octanol–water partition coefficient (Wildman–Crippen LogP) is 2.50. The van der Waals surface area contributed by atoms with Crippen LogP contribution in [-0.4, -0.2) is 73.2 Å². The largest absolute Gasteiger partial charge is 0.444 e. The fourth-order valence-corrected chi connectivity index (χ4v) is 3.95. The highest BCUT2D eigenvalue weighted by molar-refractivity contribution is 5.90. The maximum absolute atomic E-state index is 14.6. The molecule has 2 fully saturated rings.